The van der Waals surface area contributed by atoms with Gasteiger partial charge in [-0.1, -0.05) is 0 Å². The summed E-state index contributed by atoms with van der Waals surface area (Å²) in [4.78, 5) is 0. The van der Waals surface area contributed by atoms with Gasteiger partial charge in [0.1, 0.15) is 6.10 Å². The van der Waals surface area contributed by atoms with Crippen LogP contribution < -0.4 is 0 Å². The van der Waals surface area contributed by atoms with E-state index in [2.05, 4.69) is 98.2 Å². The van der Waals surface area contributed by atoms with Gasteiger partial charge in [0.25, 0.3) is 0 Å². The van der Waals surface area contributed by atoms with Gasteiger partial charge in [0.2, 0.25) is 0 Å². The first-order valence-corrected chi connectivity index (χ1v) is 35.3. The molecule has 2 N–H and O–H groups in total. The fourth-order valence-electron chi connectivity index (χ4n) is 4.78. The minimum atomic E-state index is -2.62. The molecule has 230 valence electrons. The summed E-state index contributed by atoms with van der Waals surface area (Å²) in [5.74, 6) is 0. The summed E-state index contributed by atoms with van der Waals surface area (Å²) in [5, 5.41) is 18.5. The number of hydrogen-bond donors (Lipinski definition) is 2. The minimum Gasteiger partial charge on any atom is -0.456 e. The molecule has 15 heteroatoms. The molecule has 0 saturated heterocycles. The van der Waals surface area contributed by atoms with Gasteiger partial charge in [-0.15, -0.1) is 0 Å². The Labute approximate surface area is 242 Å². The molecule has 0 aliphatic heterocycles. The van der Waals surface area contributed by atoms with Crippen LogP contribution in [-0.2, 0) is 25.3 Å². The topological polar surface area (TPSA) is 95.8 Å². The van der Waals surface area contributed by atoms with E-state index < -0.39 is 65.1 Å². The van der Waals surface area contributed by atoms with Crippen LogP contribution in [0.15, 0.2) is 0 Å². The number of rotatable bonds is 20. The molecule has 0 aromatic rings. The lowest BCUT2D eigenvalue weighted by Gasteiger charge is -2.44. The first-order chi connectivity index (χ1) is 16.7. The van der Waals surface area contributed by atoms with Gasteiger partial charge in [-0.3, -0.25) is 0 Å². The van der Waals surface area contributed by atoms with Crippen molar-refractivity contribution in [3.8, 4) is 0 Å². The molecular weight excluding hydrogens is 601 g/mol. The molecule has 0 aromatic carbocycles. The zero-order chi connectivity index (χ0) is 30.3. The summed E-state index contributed by atoms with van der Waals surface area (Å²) in [6.45, 7) is 33.7. The molecule has 3 atom stereocenters. The maximum atomic E-state index is 9.53. The van der Waals surface area contributed by atoms with Crippen molar-refractivity contribution >= 4 is 59.0 Å². The Morgan fingerprint density at radius 3 is 1.37 bits per heavy atom. The van der Waals surface area contributed by atoms with E-state index in [0.29, 0.717) is 6.61 Å². The second-order valence-corrected chi connectivity index (χ2v) is 43.9. The smallest absolute Gasteiger partial charge is 0.315 e. The lowest BCUT2D eigenvalue weighted by Crippen LogP contribution is -2.60. The van der Waals surface area contributed by atoms with E-state index in [-0.39, 0.29) is 13.2 Å². The summed E-state index contributed by atoms with van der Waals surface area (Å²) in [6.07, 6.45) is -0.0740. The van der Waals surface area contributed by atoms with Gasteiger partial charge in [0.05, 0.1) is 13.2 Å². The average Bonchev–Trinajstić information content (AvgIpc) is 2.59. The largest absolute Gasteiger partial charge is 0.456 e. The summed E-state index contributed by atoms with van der Waals surface area (Å²) in [7, 11) is -15.0. The van der Waals surface area contributed by atoms with Crippen LogP contribution in [0, 0.1) is 0 Å². The van der Waals surface area contributed by atoms with Crippen molar-refractivity contribution in [3.63, 3.8) is 0 Å². The van der Waals surface area contributed by atoms with Crippen LogP contribution in [0.4, 0.5) is 0 Å². The number of aliphatic hydroxyl groups excluding tert-OH is 2. The van der Waals surface area contributed by atoms with Gasteiger partial charge in [0.15, 0.2) is 33.3 Å². The van der Waals surface area contributed by atoms with Crippen molar-refractivity contribution in [1.29, 1.82) is 0 Å². The molecule has 0 spiro atoms. The van der Waals surface area contributed by atoms with Gasteiger partial charge in [-0.25, -0.2) is 0 Å². The second-order valence-electron chi connectivity index (χ2n) is 14.8. The number of ether oxygens (including phenoxy) is 1. The summed E-state index contributed by atoms with van der Waals surface area (Å²) in [5.41, 5.74) is 0. The van der Waals surface area contributed by atoms with Gasteiger partial charge in [-0.05, 0) is 123 Å². The summed E-state index contributed by atoms with van der Waals surface area (Å²) in [6, 6.07) is 2.71. The predicted molar refractivity (Wildman–Crippen MR) is 177 cm³/mol. The molecule has 0 rings (SSSR count). The van der Waals surface area contributed by atoms with Crippen LogP contribution in [0.1, 0.15) is 6.42 Å². The summed E-state index contributed by atoms with van der Waals surface area (Å²) >= 11 is 0. The average molecular weight is 663 g/mol. The van der Waals surface area contributed by atoms with Crippen LogP contribution in [0.25, 0.3) is 0 Å². The highest BCUT2D eigenvalue weighted by atomic mass is 28.5. The third kappa shape index (κ3) is 20.1. The lowest BCUT2D eigenvalue weighted by atomic mass is 10.4. The van der Waals surface area contributed by atoms with E-state index in [1.54, 1.807) is 0 Å². The molecule has 0 saturated carbocycles. The second kappa shape index (κ2) is 15.1. The van der Waals surface area contributed by atoms with Crippen molar-refractivity contribution in [2.75, 3.05) is 19.8 Å². The van der Waals surface area contributed by atoms with Crippen molar-refractivity contribution in [2.45, 2.75) is 129 Å². The third-order valence-electron chi connectivity index (χ3n) is 5.17. The molecule has 38 heavy (non-hydrogen) atoms. The summed E-state index contributed by atoms with van der Waals surface area (Å²) < 4.78 is 39.8. The monoisotopic (exact) mass is 662 g/mol. The zero-order valence-corrected chi connectivity index (χ0v) is 34.4. The molecule has 8 nitrogen and oxygen atoms in total. The van der Waals surface area contributed by atoms with Gasteiger partial charge in [0, 0.05) is 6.61 Å². The lowest BCUT2D eigenvalue weighted by molar-refractivity contribution is 0.00624. The van der Waals surface area contributed by atoms with Crippen molar-refractivity contribution in [3.05, 3.63) is 0 Å². The first-order valence-electron chi connectivity index (χ1n) is 14.1. The highest BCUT2D eigenvalue weighted by Crippen LogP contribution is 2.33. The Morgan fingerprint density at radius 1 is 0.553 bits per heavy atom. The Kier molecular flexibility index (Phi) is 15.6. The van der Waals surface area contributed by atoms with E-state index in [4.69, 9.17) is 30.4 Å². The minimum absolute atomic E-state index is 0.132. The van der Waals surface area contributed by atoms with Gasteiger partial charge in [-0.2, -0.15) is 0 Å². The van der Waals surface area contributed by atoms with E-state index in [1.165, 1.54) is 0 Å². The van der Waals surface area contributed by atoms with E-state index in [9.17, 15) is 5.11 Å². The molecule has 0 amide bonds. The third-order valence-corrected chi connectivity index (χ3v) is 29.9. The van der Waals surface area contributed by atoms with Crippen LogP contribution in [-0.4, -0.2) is 95.1 Å². The number of hydrogen-bond acceptors (Lipinski definition) is 8. The Balaban J connectivity index is 5.67. The van der Waals surface area contributed by atoms with Crippen molar-refractivity contribution in [1.82, 2.24) is 0 Å². The molecule has 3 unspecified atom stereocenters. The molecule has 0 radical (unpaired) electrons. The fraction of sp³-hybridized carbons (Fsp3) is 1.00. The molecule has 0 aliphatic carbocycles. The van der Waals surface area contributed by atoms with Crippen LogP contribution >= 0.6 is 0 Å². The molecule has 0 bridgehead atoms. The number of aliphatic hydroxyl groups is 2. The highest BCUT2D eigenvalue weighted by molar-refractivity contribution is 6.91. The Bertz CT molecular complexity index is 695. The molecule has 0 fully saturated rings. The van der Waals surface area contributed by atoms with Crippen molar-refractivity contribution < 1.29 is 35.5 Å². The molecule has 0 heterocycles. The highest BCUT2D eigenvalue weighted by Gasteiger charge is 2.48. The molecular formula is C23H62O8Si7. The van der Waals surface area contributed by atoms with Crippen LogP contribution in [0.5, 0.6) is 0 Å². The predicted octanol–water partition coefficient (Wildman–Crippen LogP) is 6.38. The normalized spacial score (nSPS) is 18.2. The maximum Gasteiger partial charge on any atom is 0.315 e. The van der Waals surface area contributed by atoms with E-state index >= 15 is 0 Å². The van der Waals surface area contributed by atoms with E-state index in [0.717, 1.165) is 24.6 Å². The van der Waals surface area contributed by atoms with Gasteiger partial charge >= 0.3 is 25.7 Å². The van der Waals surface area contributed by atoms with Crippen molar-refractivity contribution in [2.24, 2.45) is 0 Å². The fourth-order valence-corrected chi connectivity index (χ4v) is 38.8. The quantitative estimate of drug-likeness (QED) is 0.115. The van der Waals surface area contributed by atoms with Gasteiger partial charge < -0.3 is 35.5 Å². The van der Waals surface area contributed by atoms with Crippen LogP contribution in [0.2, 0.25) is 116 Å². The maximum absolute atomic E-state index is 9.53. The first kappa shape index (κ1) is 39.2. The van der Waals surface area contributed by atoms with E-state index in [1.807, 2.05) is 0 Å². The Morgan fingerprint density at radius 2 is 0.974 bits per heavy atom. The van der Waals surface area contributed by atoms with Crippen LogP contribution in [0.3, 0.4) is 0 Å². The molecule has 0 aromatic heterocycles. The standard InChI is InChI=1S/C23H62O8Si7/c1-32(2,3)27-35(10,11)19-20-38(15,29-34(7,8)9)31-36(12,13)30-37(14,28-33(4,5)6)18-16-17-26-22-23(25)21-24/h23-25H,16-22H2,1-15H3. The zero-order valence-electron chi connectivity index (χ0n) is 27.4. The Hall–Kier alpha value is 1.20. The molecule has 0 aliphatic rings. The SMILES string of the molecule is C[Si](C)(C)O[Si](C)(C)CC[Si](C)(O[Si](C)(C)C)O[Si](C)(C)O[Si](C)(CCCOCC(O)CO)O[Si](C)(C)C.